The Labute approximate surface area is 164 Å². The van der Waals surface area contributed by atoms with Crippen LogP contribution in [0.25, 0.3) is 0 Å². The molecule has 6 heteroatoms. The molecule has 0 unspecified atom stereocenters. The molecule has 3 heterocycles. The molecule has 4 rings (SSSR count). The summed E-state index contributed by atoms with van der Waals surface area (Å²) in [6.45, 7) is 2.85. The molecule has 6 nitrogen and oxygen atoms in total. The lowest BCUT2D eigenvalue weighted by Gasteiger charge is -2.22. The molecule has 2 aromatic heterocycles. The molecule has 1 amide bonds. The summed E-state index contributed by atoms with van der Waals surface area (Å²) in [6, 6.07) is 15.5. The normalized spacial score (nSPS) is 16.6. The Kier molecular flexibility index (Phi) is 5.12. The molecule has 0 spiro atoms. The van der Waals surface area contributed by atoms with Gasteiger partial charge < -0.3 is 8.83 Å². The number of furan rings is 2. The van der Waals surface area contributed by atoms with Crippen molar-refractivity contribution in [2.24, 2.45) is 5.10 Å². The van der Waals surface area contributed by atoms with E-state index in [1.807, 2.05) is 48.3 Å². The van der Waals surface area contributed by atoms with Crippen LogP contribution in [0.15, 0.2) is 75.0 Å². The van der Waals surface area contributed by atoms with Crippen molar-refractivity contribution in [3.63, 3.8) is 0 Å². The van der Waals surface area contributed by atoms with E-state index in [2.05, 4.69) is 24.2 Å². The molecular weight excluding hydrogens is 354 g/mol. The summed E-state index contributed by atoms with van der Waals surface area (Å²) in [5.41, 5.74) is 3.11. The van der Waals surface area contributed by atoms with Crippen molar-refractivity contribution in [3.8, 4) is 0 Å². The third kappa shape index (κ3) is 3.92. The van der Waals surface area contributed by atoms with Gasteiger partial charge in [-0.25, -0.2) is 5.01 Å². The van der Waals surface area contributed by atoms with Crippen LogP contribution in [0.5, 0.6) is 0 Å². The van der Waals surface area contributed by atoms with Crippen molar-refractivity contribution in [2.45, 2.75) is 25.9 Å². The van der Waals surface area contributed by atoms with Gasteiger partial charge in [0, 0.05) is 6.42 Å². The highest BCUT2D eigenvalue weighted by Crippen LogP contribution is 2.33. The van der Waals surface area contributed by atoms with Crippen LogP contribution in [0.3, 0.4) is 0 Å². The van der Waals surface area contributed by atoms with Crippen LogP contribution < -0.4 is 0 Å². The fourth-order valence-corrected chi connectivity index (χ4v) is 3.39. The van der Waals surface area contributed by atoms with Crippen LogP contribution in [0, 0.1) is 6.92 Å². The summed E-state index contributed by atoms with van der Waals surface area (Å²) in [7, 11) is 1.89. The molecule has 0 bridgehead atoms. The van der Waals surface area contributed by atoms with E-state index < -0.39 is 0 Å². The molecule has 1 aliphatic rings. The predicted octanol–water partition coefficient (Wildman–Crippen LogP) is 3.99. The third-order valence-electron chi connectivity index (χ3n) is 4.83. The zero-order valence-electron chi connectivity index (χ0n) is 16.0. The Hall–Kier alpha value is -3.12. The Morgan fingerprint density at radius 1 is 1.14 bits per heavy atom. The summed E-state index contributed by atoms with van der Waals surface area (Å²) in [4.78, 5) is 14.9. The smallest absolute Gasteiger partial charge is 0.257 e. The topological polar surface area (TPSA) is 62.2 Å². The second-order valence-corrected chi connectivity index (χ2v) is 7.14. The van der Waals surface area contributed by atoms with E-state index >= 15 is 0 Å². The Morgan fingerprint density at radius 2 is 1.89 bits per heavy atom. The van der Waals surface area contributed by atoms with Crippen LogP contribution in [0.1, 0.15) is 35.1 Å². The van der Waals surface area contributed by atoms with Gasteiger partial charge in [0.05, 0.1) is 31.3 Å². The van der Waals surface area contributed by atoms with Crippen LogP contribution in [0.4, 0.5) is 0 Å². The molecule has 28 heavy (non-hydrogen) atoms. The SMILES string of the molecule is Cc1ccc(C2=NN(C(=O)CN(C)Cc3ccco3)[C@@H](c3ccco3)C2)cc1. The maximum atomic E-state index is 13.0. The number of hydrazone groups is 1. The maximum Gasteiger partial charge on any atom is 0.257 e. The van der Waals surface area contributed by atoms with Crippen LogP contribution >= 0.6 is 0 Å². The van der Waals surface area contributed by atoms with Crippen molar-refractivity contribution in [2.75, 3.05) is 13.6 Å². The van der Waals surface area contributed by atoms with E-state index in [0.717, 1.165) is 22.8 Å². The molecule has 144 valence electrons. The molecule has 0 radical (unpaired) electrons. The zero-order chi connectivity index (χ0) is 19.5. The molecule has 1 aromatic carbocycles. The molecule has 0 aliphatic carbocycles. The summed E-state index contributed by atoms with van der Waals surface area (Å²) >= 11 is 0. The van der Waals surface area contributed by atoms with Crippen molar-refractivity contribution in [1.29, 1.82) is 0 Å². The lowest BCUT2D eigenvalue weighted by atomic mass is 10.0. The van der Waals surface area contributed by atoms with E-state index in [-0.39, 0.29) is 18.5 Å². The number of hydrogen-bond donors (Lipinski definition) is 0. The number of nitrogens with zero attached hydrogens (tertiary/aromatic N) is 3. The minimum Gasteiger partial charge on any atom is -0.468 e. The second-order valence-electron chi connectivity index (χ2n) is 7.14. The van der Waals surface area contributed by atoms with Crippen LogP contribution in [-0.4, -0.2) is 35.1 Å². The lowest BCUT2D eigenvalue weighted by molar-refractivity contribution is -0.134. The number of carbonyl (C=O) groups is 1. The first-order valence-electron chi connectivity index (χ1n) is 9.31. The van der Waals surface area contributed by atoms with Gasteiger partial charge in [-0.15, -0.1) is 0 Å². The lowest BCUT2D eigenvalue weighted by Crippen LogP contribution is -2.36. The monoisotopic (exact) mass is 377 g/mol. The number of rotatable bonds is 6. The third-order valence-corrected chi connectivity index (χ3v) is 4.83. The molecule has 0 N–H and O–H groups in total. The molecule has 3 aromatic rings. The molecule has 1 atom stereocenters. The van der Waals surface area contributed by atoms with E-state index in [1.54, 1.807) is 17.5 Å². The van der Waals surface area contributed by atoms with Crippen LogP contribution in [-0.2, 0) is 11.3 Å². The summed E-state index contributed by atoms with van der Waals surface area (Å²) in [5, 5.41) is 6.23. The molecule has 0 saturated carbocycles. The van der Waals surface area contributed by atoms with Gasteiger partial charge in [0.15, 0.2) is 0 Å². The molecule has 1 aliphatic heterocycles. The van der Waals surface area contributed by atoms with Gasteiger partial charge in [-0.3, -0.25) is 9.69 Å². The van der Waals surface area contributed by atoms with Gasteiger partial charge in [-0.1, -0.05) is 29.8 Å². The summed E-state index contributed by atoms with van der Waals surface area (Å²) < 4.78 is 11.0. The Bertz CT molecular complexity index is 944. The number of benzene rings is 1. The average molecular weight is 377 g/mol. The number of amides is 1. The molecule has 0 fully saturated rings. The average Bonchev–Trinajstić information content (AvgIpc) is 3.43. The Balaban J connectivity index is 1.53. The first-order valence-corrected chi connectivity index (χ1v) is 9.31. The number of aryl methyl sites for hydroxylation is 1. The van der Waals surface area contributed by atoms with Crippen molar-refractivity contribution >= 4 is 11.6 Å². The van der Waals surface area contributed by atoms with Gasteiger partial charge in [-0.05, 0) is 43.8 Å². The number of carbonyl (C=O) groups excluding carboxylic acids is 1. The van der Waals surface area contributed by atoms with Gasteiger partial charge in [0.1, 0.15) is 17.6 Å². The first-order chi connectivity index (χ1) is 13.6. The highest BCUT2D eigenvalue weighted by molar-refractivity contribution is 6.03. The van der Waals surface area contributed by atoms with Gasteiger partial charge in [0.2, 0.25) is 0 Å². The molecule has 0 saturated heterocycles. The van der Waals surface area contributed by atoms with E-state index in [0.29, 0.717) is 13.0 Å². The fraction of sp³-hybridized carbons (Fsp3) is 0.273. The van der Waals surface area contributed by atoms with Gasteiger partial charge in [0.25, 0.3) is 5.91 Å². The maximum absolute atomic E-state index is 13.0. The van der Waals surface area contributed by atoms with Crippen molar-refractivity contribution in [1.82, 2.24) is 9.91 Å². The highest BCUT2D eigenvalue weighted by Gasteiger charge is 2.35. The minimum atomic E-state index is -0.226. The predicted molar refractivity (Wildman–Crippen MR) is 106 cm³/mol. The summed E-state index contributed by atoms with van der Waals surface area (Å²) in [6.07, 6.45) is 3.89. The Morgan fingerprint density at radius 3 is 2.57 bits per heavy atom. The van der Waals surface area contributed by atoms with E-state index in [9.17, 15) is 4.79 Å². The minimum absolute atomic E-state index is 0.0717. The van der Waals surface area contributed by atoms with Crippen LogP contribution in [0.2, 0.25) is 0 Å². The van der Waals surface area contributed by atoms with E-state index in [1.165, 1.54) is 5.56 Å². The fourth-order valence-electron chi connectivity index (χ4n) is 3.39. The molecular formula is C22H23N3O3. The van der Waals surface area contributed by atoms with Gasteiger partial charge >= 0.3 is 0 Å². The quantitative estimate of drug-likeness (QED) is 0.652. The number of hydrogen-bond acceptors (Lipinski definition) is 5. The largest absolute Gasteiger partial charge is 0.468 e. The van der Waals surface area contributed by atoms with Crippen molar-refractivity contribution in [3.05, 3.63) is 83.7 Å². The number of likely N-dealkylation sites (N-methyl/N-ethyl adjacent to an activating group) is 1. The summed E-state index contributed by atoms with van der Waals surface area (Å²) in [5.74, 6) is 1.49. The highest BCUT2D eigenvalue weighted by atomic mass is 16.3. The van der Waals surface area contributed by atoms with Gasteiger partial charge in [-0.2, -0.15) is 5.10 Å². The first kappa shape index (κ1) is 18.3. The van der Waals surface area contributed by atoms with E-state index in [4.69, 9.17) is 8.83 Å². The second kappa shape index (κ2) is 7.86. The zero-order valence-corrected chi connectivity index (χ0v) is 16.0. The van der Waals surface area contributed by atoms with Crippen molar-refractivity contribution < 1.29 is 13.6 Å². The standard InChI is InChI=1S/C22H23N3O3/c1-16-7-9-17(10-8-16)19-13-20(21-6-4-12-28-21)25(23-19)22(26)15-24(2)14-18-5-3-11-27-18/h3-12,20H,13-15H2,1-2H3/t20-/m1/s1.